The highest BCUT2D eigenvalue weighted by molar-refractivity contribution is 5.92. The average molecular weight is 354 g/mol. The van der Waals surface area contributed by atoms with E-state index in [2.05, 4.69) is 10.6 Å². The number of carbonyl (C=O) groups excluding carboxylic acids is 2. The Morgan fingerprint density at radius 2 is 1.77 bits per heavy atom. The third kappa shape index (κ3) is 4.81. The Hall–Kier alpha value is -2.89. The molecule has 26 heavy (non-hydrogen) atoms. The average Bonchev–Trinajstić information content (AvgIpc) is 3.44. The van der Waals surface area contributed by atoms with Crippen molar-refractivity contribution in [3.8, 4) is 0 Å². The topological polar surface area (TPSA) is 95.5 Å². The van der Waals surface area contributed by atoms with Crippen LogP contribution in [0.15, 0.2) is 42.5 Å². The molecule has 2 aromatic rings. The monoisotopic (exact) mass is 354 g/mol. The van der Waals surface area contributed by atoms with Gasteiger partial charge in [0.1, 0.15) is 6.04 Å². The summed E-state index contributed by atoms with van der Waals surface area (Å²) < 4.78 is 0. The quantitative estimate of drug-likeness (QED) is 0.674. The summed E-state index contributed by atoms with van der Waals surface area (Å²) in [6, 6.07) is 12.7. The summed E-state index contributed by atoms with van der Waals surface area (Å²) in [6.45, 7) is -0.224. The number of benzene rings is 2. The van der Waals surface area contributed by atoms with Gasteiger partial charge in [-0.15, -0.1) is 0 Å². The van der Waals surface area contributed by atoms with Gasteiger partial charge in [-0.3, -0.25) is 9.59 Å². The Morgan fingerprint density at radius 1 is 1.04 bits per heavy atom. The number of hydrogen-bond acceptors (Lipinski definition) is 3. The fourth-order valence-electron chi connectivity index (χ4n) is 3.01. The summed E-state index contributed by atoms with van der Waals surface area (Å²) in [5.41, 5.74) is 0.887. The zero-order valence-electron chi connectivity index (χ0n) is 14.4. The molecule has 136 valence electrons. The van der Waals surface area contributed by atoms with Crippen molar-refractivity contribution in [1.82, 2.24) is 10.6 Å². The molecule has 6 nitrogen and oxygen atoms in total. The number of fused-ring (bicyclic) bond motifs is 1. The summed E-state index contributed by atoms with van der Waals surface area (Å²) >= 11 is 0. The number of carbonyl (C=O) groups is 3. The minimum absolute atomic E-state index is 0.166. The number of nitrogens with one attached hydrogen (secondary N) is 2. The van der Waals surface area contributed by atoms with Crippen LogP contribution in [-0.2, 0) is 20.8 Å². The van der Waals surface area contributed by atoms with E-state index in [-0.39, 0.29) is 18.9 Å². The Kier molecular flexibility index (Phi) is 5.51. The minimum Gasteiger partial charge on any atom is -0.480 e. The molecule has 1 saturated carbocycles. The third-order valence-electron chi connectivity index (χ3n) is 4.58. The summed E-state index contributed by atoms with van der Waals surface area (Å²) in [6.07, 6.45) is 2.65. The molecule has 2 amide bonds. The molecule has 0 radical (unpaired) electrons. The summed E-state index contributed by atoms with van der Waals surface area (Å²) in [5, 5.41) is 16.3. The van der Waals surface area contributed by atoms with Crippen molar-refractivity contribution in [2.75, 3.05) is 6.54 Å². The van der Waals surface area contributed by atoms with Gasteiger partial charge in [0.2, 0.25) is 11.8 Å². The molecule has 3 rings (SSSR count). The van der Waals surface area contributed by atoms with E-state index in [4.69, 9.17) is 5.11 Å². The fourth-order valence-corrected chi connectivity index (χ4v) is 3.01. The summed E-state index contributed by atoms with van der Waals surface area (Å²) in [5.74, 6) is -1.40. The molecule has 1 aliphatic rings. The maximum Gasteiger partial charge on any atom is 0.326 e. The van der Waals surface area contributed by atoms with Crippen molar-refractivity contribution in [3.05, 3.63) is 48.0 Å². The highest BCUT2D eigenvalue weighted by Crippen LogP contribution is 2.33. The number of amides is 2. The van der Waals surface area contributed by atoms with Crippen molar-refractivity contribution in [1.29, 1.82) is 0 Å². The molecule has 6 heteroatoms. The molecule has 0 bridgehead atoms. The molecule has 0 heterocycles. The van der Waals surface area contributed by atoms with Gasteiger partial charge in [-0.2, -0.15) is 0 Å². The number of carboxylic acids is 1. The number of hydrogen-bond donors (Lipinski definition) is 3. The molecule has 1 unspecified atom stereocenters. The van der Waals surface area contributed by atoms with Crippen LogP contribution in [0, 0.1) is 5.92 Å². The first kappa shape index (κ1) is 17.9. The van der Waals surface area contributed by atoms with Crippen LogP contribution in [0.5, 0.6) is 0 Å². The first-order valence-electron chi connectivity index (χ1n) is 8.78. The van der Waals surface area contributed by atoms with Gasteiger partial charge in [0, 0.05) is 0 Å². The van der Waals surface area contributed by atoms with Gasteiger partial charge in [0.25, 0.3) is 0 Å². The van der Waals surface area contributed by atoms with E-state index in [0.717, 1.165) is 29.2 Å². The SMILES string of the molecule is O=C(Cc1cccc2ccccc12)NCC(=O)NC(CC1CC1)C(=O)O. The van der Waals surface area contributed by atoms with Crippen molar-refractivity contribution >= 4 is 28.6 Å². The van der Waals surface area contributed by atoms with Crippen LogP contribution in [0.4, 0.5) is 0 Å². The summed E-state index contributed by atoms with van der Waals surface area (Å²) in [4.78, 5) is 35.3. The lowest BCUT2D eigenvalue weighted by atomic mass is 10.0. The molecule has 2 aromatic carbocycles. The molecule has 1 atom stereocenters. The smallest absolute Gasteiger partial charge is 0.326 e. The second kappa shape index (κ2) is 7.99. The van der Waals surface area contributed by atoms with E-state index in [1.54, 1.807) is 0 Å². The molecule has 1 fully saturated rings. The van der Waals surface area contributed by atoms with Crippen LogP contribution in [0.25, 0.3) is 10.8 Å². The van der Waals surface area contributed by atoms with Gasteiger partial charge in [0.15, 0.2) is 0 Å². The maximum absolute atomic E-state index is 12.2. The van der Waals surface area contributed by atoms with Crippen LogP contribution >= 0.6 is 0 Å². The number of aliphatic carboxylic acids is 1. The van der Waals surface area contributed by atoms with E-state index in [9.17, 15) is 14.4 Å². The van der Waals surface area contributed by atoms with E-state index in [1.165, 1.54) is 0 Å². The van der Waals surface area contributed by atoms with Gasteiger partial charge >= 0.3 is 5.97 Å². The first-order valence-corrected chi connectivity index (χ1v) is 8.78. The van der Waals surface area contributed by atoms with Gasteiger partial charge in [-0.05, 0) is 28.7 Å². The van der Waals surface area contributed by atoms with Crippen molar-refractivity contribution in [3.63, 3.8) is 0 Å². The number of carboxylic acid groups (broad SMARTS) is 1. The number of rotatable bonds is 8. The van der Waals surface area contributed by atoms with Crippen molar-refractivity contribution in [2.24, 2.45) is 5.92 Å². The second-order valence-corrected chi connectivity index (χ2v) is 6.73. The van der Waals surface area contributed by atoms with Crippen molar-refractivity contribution < 1.29 is 19.5 Å². The van der Waals surface area contributed by atoms with Crippen LogP contribution in [0.3, 0.4) is 0 Å². The maximum atomic E-state index is 12.2. The highest BCUT2D eigenvalue weighted by atomic mass is 16.4. The molecule has 0 saturated heterocycles. The Morgan fingerprint density at radius 3 is 2.50 bits per heavy atom. The Balaban J connectivity index is 1.51. The normalized spacial score (nSPS) is 14.6. The lowest BCUT2D eigenvalue weighted by Gasteiger charge is -2.14. The zero-order chi connectivity index (χ0) is 18.5. The van der Waals surface area contributed by atoms with Crippen LogP contribution in [0.1, 0.15) is 24.8 Å². The molecule has 3 N–H and O–H groups in total. The lowest BCUT2D eigenvalue weighted by Crippen LogP contribution is -2.46. The lowest BCUT2D eigenvalue weighted by molar-refractivity contribution is -0.142. The standard InChI is InChI=1S/C20H22N2O4/c23-18(11-15-6-3-5-14-4-1-2-7-16(14)15)21-12-19(24)22-17(20(25)26)10-13-8-9-13/h1-7,13,17H,8-12H2,(H,21,23)(H,22,24)(H,25,26). The van der Waals surface area contributed by atoms with Gasteiger partial charge in [-0.25, -0.2) is 4.79 Å². The highest BCUT2D eigenvalue weighted by Gasteiger charge is 2.30. The van der Waals surface area contributed by atoms with Gasteiger partial charge < -0.3 is 15.7 Å². The van der Waals surface area contributed by atoms with E-state index < -0.39 is 17.9 Å². The first-order chi connectivity index (χ1) is 12.5. The third-order valence-corrected chi connectivity index (χ3v) is 4.58. The molecule has 0 aliphatic heterocycles. The fraction of sp³-hybridized carbons (Fsp3) is 0.350. The Labute approximate surface area is 151 Å². The van der Waals surface area contributed by atoms with Crippen LogP contribution in [-0.4, -0.2) is 35.5 Å². The van der Waals surface area contributed by atoms with Crippen LogP contribution in [0.2, 0.25) is 0 Å². The minimum atomic E-state index is -1.03. The predicted octanol–water partition coefficient (Wildman–Crippen LogP) is 1.87. The molecule has 0 aromatic heterocycles. The Bertz CT molecular complexity index is 824. The van der Waals surface area contributed by atoms with E-state index in [1.807, 2.05) is 42.5 Å². The van der Waals surface area contributed by atoms with Gasteiger partial charge in [0.05, 0.1) is 13.0 Å². The largest absolute Gasteiger partial charge is 0.480 e. The molecule has 0 spiro atoms. The predicted molar refractivity (Wildman–Crippen MR) is 97.6 cm³/mol. The molecule has 1 aliphatic carbocycles. The van der Waals surface area contributed by atoms with E-state index in [0.29, 0.717) is 12.3 Å². The van der Waals surface area contributed by atoms with Crippen molar-refractivity contribution in [2.45, 2.75) is 31.7 Å². The second-order valence-electron chi connectivity index (χ2n) is 6.73. The molecular formula is C20H22N2O4. The summed E-state index contributed by atoms with van der Waals surface area (Å²) in [7, 11) is 0. The van der Waals surface area contributed by atoms with E-state index >= 15 is 0 Å². The molecular weight excluding hydrogens is 332 g/mol. The van der Waals surface area contributed by atoms with Gasteiger partial charge in [-0.1, -0.05) is 55.3 Å². The van der Waals surface area contributed by atoms with Crippen LogP contribution < -0.4 is 10.6 Å². The zero-order valence-corrected chi connectivity index (χ0v) is 14.4.